The van der Waals surface area contributed by atoms with Gasteiger partial charge in [-0.3, -0.25) is 10.6 Å². The minimum absolute atomic E-state index is 0.00509. The molecule has 5 heteroatoms. The molecule has 1 aromatic rings. The number of carbonyl (C=O) groups is 1. The largest absolute Gasteiger partial charge is 0.336 e. The summed E-state index contributed by atoms with van der Waals surface area (Å²) in [5.41, 5.74) is 3.71. The third-order valence-electron chi connectivity index (χ3n) is 3.75. The molecule has 1 amide bonds. The number of hydrogen-bond donors (Lipinski definition) is 2. The zero-order valence-corrected chi connectivity index (χ0v) is 12.1. The van der Waals surface area contributed by atoms with Gasteiger partial charge in [-0.25, -0.2) is 0 Å². The Kier molecular flexibility index (Phi) is 4.32. The summed E-state index contributed by atoms with van der Waals surface area (Å²) in [4.78, 5) is 14.6. The number of piperidine rings is 1. The first-order valence-electron chi connectivity index (χ1n) is 6.60. The predicted molar refractivity (Wildman–Crippen MR) is 78.2 cm³/mol. The summed E-state index contributed by atoms with van der Waals surface area (Å²) < 4.78 is 0. The molecule has 0 radical (unpaired) electrons. The smallest absolute Gasteiger partial charge is 0.256 e. The average molecular weight is 282 g/mol. The molecule has 2 unspecified atom stereocenters. The number of nitrogens with one attached hydrogen (secondary N) is 1. The van der Waals surface area contributed by atoms with Gasteiger partial charge in [0.15, 0.2) is 0 Å². The number of nitrogens with two attached hydrogens (primary N) is 1. The highest BCUT2D eigenvalue weighted by Gasteiger charge is 2.28. The Bertz CT molecular complexity index is 478. The van der Waals surface area contributed by atoms with Crippen LogP contribution in [0.3, 0.4) is 0 Å². The molecule has 104 valence electrons. The van der Waals surface area contributed by atoms with Gasteiger partial charge in [0.05, 0.1) is 11.3 Å². The van der Waals surface area contributed by atoms with E-state index in [-0.39, 0.29) is 11.9 Å². The summed E-state index contributed by atoms with van der Waals surface area (Å²) in [5, 5.41) is 0.542. The second kappa shape index (κ2) is 5.80. The van der Waals surface area contributed by atoms with Gasteiger partial charge in [-0.1, -0.05) is 18.5 Å². The van der Waals surface area contributed by atoms with Crippen LogP contribution in [-0.2, 0) is 0 Å². The summed E-state index contributed by atoms with van der Waals surface area (Å²) in [5.74, 6) is 6.00. The summed E-state index contributed by atoms with van der Waals surface area (Å²) in [6.07, 6.45) is 2.21. The number of nitrogen functional groups attached to an aromatic ring is 1. The molecule has 2 atom stereocenters. The highest BCUT2D eigenvalue weighted by Crippen LogP contribution is 2.27. The number of carbonyl (C=O) groups excluding carboxylic acids is 1. The first kappa shape index (κ1) is 14.2. The van der Waals surface area contributed by atoms with E-state index in [1.807, 2.05) is 4.90 Å². The van der Waals surface area contributed by atoms with Crippen LogP contribution in [0.5, 0.6) is 0 Å². The Labute approximate surface area is 118 Å². The van der Waals surface area contributed by atoms with Gasteiger partial charge in [-0.2, -0.15) is 0 Å². The van der Waals surface area contributed by atoms with Crippen molar-refractivity contribution in [2.45, 2.75) is 32.7 Å². The first-order valence-corrected chi connectivity index (χ1v) is 6.98. The van der Waals surface area contributed by atoms with Gasteiger partial charge < -0.3 is 10.3 Å². The van der Waals surface area contributed by atoms with E-state index in [1.165, 1.54) is 6.42 Å². The zero-order valence-electron chi connectivity index (χ0n) is 11.3. The SMILES string of the molecule is CC1CCC(C)N(C(=O)c2cc(Cl)ccc2NN)C1. The third-order valence-corrected chi connectivity index (χ3v) is 3.98. The minimum Gasteiger partial charge on any atom is -0.336 e. The topological polar surface area (TPSA) is 58.4 Å². The molecule has 4 nitrogen and oxygen atoms in total. The van der Waals surface area contributed by atoms with E-state index in [2.05, 4.69) is 19.3 Å². The van der Waals surface area contributed by atoms with E-state index in [9.17, 15) is 4.79 Å². The van der Waals surface area contributed by atoms with E-state index in [4.69, 9.17) is 17.4 Å². The number of anilines is 1. The Hall–Kier alpha value is -1.26. The Morgan fingerprint density at radius 2 is 2.16 bits per heavy atom. The fourth-order valence-corrected chi connectivity index (χ4v) is 2.72. The van der Waals surface area contributed by atoms with Gasteiger partial charge in [0.1, 0.15) is 0 Å². The summed E-state index contributed by atoms with van der Waals surface area (Å²) in [7, 11) is 0. The average Bonchev–Trinajstić information content (AvgIpc) is 2.40. The van der Waals surface area contributed by atoms with Crippen molar-refractivity contribution in [3.05, 3.63) is 28.8 Å². The lowest BCUT2D eigenvalue weighted by Crippen LogP contribution is -2.45. The van der Waals surface area contributed by atoms with Crippen LogP contribution in [0.15, 0.2) is 18.2 Å². The van der Waals surface area contributed by atoms with Crippen molar-refractivity contribution in [3.63, 3.8) is 0 Å². The van der Waals surface area contributed by atoms with Gasteiger partial charge in [0.25, 0.3) is 5.91 Å². The van der Waals surface area contributed by atoms with Crippen LogP contribution < -0.4 is 11.3 Å². The number of amides is 1. The molecule has 3 N–H and O–H groups in total. The standard InChI is InChI=1S/C14H20ClN3O/c1-9-3-4-10(2)18(8-9)14(19)12-7-11(15)5-6-13(12)17-16/h5-7,9-10,17H,3-4,8,16H2,1-2H3. The molecule has 1 fully saturated rings. The second-order valence-corrected chi connectivity index (χ2v) is 5.76. The lowest BCUT2D eigenvalue weighted by Gasteiger charge is -2.37. The molecule has 1 heterocycles. The van der Waals surface area contributed by atoms with Crippen LogP contribution in [0.4, 0.5) is 5.69 Å². The van der Waals surface area contributed by atoms with Crippen LogP contribution in [0.2, 0.25) is 5.02 Å². The van der Waals surface area contributed by atoms with Gasteiger partial charge >= 0.3 is 0 Å². The third kappa shape index (κ3) is 3.01. The van der Waals surface area contributed by atoms with Crippen LogP contribution >= 0.6 is 11.6 Å². The maximum Gasteiger partial charge on any atom is 0.256 e. The van der Waals surface area contributed by atoms with Crippen LogP contribution in [0.1, 0.15) is 37.0 Å². The van der Waals surface area contributed by atoms with Gasteiger partial charge in [0.2, 0.25) is 0 Å². The van der Waals surface area contributed by atoms with Crippen molar-refractivity contribution in [1.29, 1.82) is 0 Å². The fourth-order valence-electron chi connectivity index (χ4n) is 2.55. The summed E-state index contributed by atoms with van der Waals surface area (Å²) in [6.45, 7) is 5.05. The maximum absolute atomic E-state index is 12.7. The van der Waals surface area contributed by atoms with E-state index < -0.39 is 0 Å². The number of benzene rings is 1. The second-order valence-electron chi connectivity index (χ2n) is 5.32. The molecule has 0 saturated carbocycles. The van der Waals surface area contributed by atoms with Crippen molar-refractivity contribution in [2.75, 3.05) is 12.0 Å². The van der Waals surface area contributed by atoms with Crippen LogP contribution in [0, 0.1) is 5.92 Å². The number of halogens is 1. The molecule has 19 heavy (non-hydrogen) atoms. The molecule has 0 bridgehead atoms. The highest BCUT2D eigenvalue weighted by atomic mass is 35.5. The number of nitrogens with zero attached hydrogens (tertiary/aromatic N) is 1. The zero-order chi connectivity index (χ0) is 14.0. The molecule has 1 aliphatic heterocycles. The van der Waals surface area contributed by atoms with Gasteiger partial charge in [-0.15, -0.1) is 0 Å². The number of likely N-dealkylation sites (tertiary alicyclic amines) is 1. The highest BCUT2D eigenvalue weighted by molar-refractivity contribution is 6.31. The van der Waals surface area contributed by atoms with Crippen molar-refractivity contribution in [3.8, 4) is 0 Å². The number of rotatable bonds is 2. The molecule has 0 aliphatic carbocycles. The van der Waals surface area contributed by atoms with E-state index >= 15 is 0 Å². The van der Waals surface area contributed by atoms with Crippen molar-refractivity contribution >= 4 is 23.2 Å². The van der Waals surface area contributed by atoms with Gasteiger partial charge in [-0.05, 0) is 43.9 Å². The lowest BCUT2D eigenvalue weighted by atomic mass is 9.94. The Morgan fingerprint density at radius 3 is 2.84 bits per heavy atom. The van der Waals surface area contributed by atoms with Crippen LogP contribution in [0.25, 0.3) is 0 Å². The normalized spacial score (nSPS) is 23.3. The molecule has 1 saturated heterocycles. The summed E-state index contributed by atoms with van der Waals surface area (Å²) in [6, 6.07) is 5.38. The Morgan fingerprint density at radius 1 is 1.42 bits per heavy atom. The van der Waals surface area contributed by atoms with Crippen molar-refractivity contribution in [2.24, 2.45) is 11.8 Å². The molecular weight excluding hydrogens is 262 g/mol. The Balaban J connectivity index is 2.30. The monoisotopic (exact) mass is 281 g/mol. The minimum atomic E-state index is -0.00509. The fraction of sp³-hybridized carbons (Fsp3) is 0.500. The number of hydrazine groups is 1. The first-order chi connectivity index (χ1) is 9.02. The lowest BCUT2D eigenvalue weighted by molar-refractivity contribution is 0.0575. The molecule has 2 rings (SSSR count). The summed E-state index contributed by atoms with van der Waals surface area (Å²) >= 11 is 5.98. The molecular formula is C14H20ClN3O. The molecule has 0 spiro atoms. The van der Waals surface area contributed by atoms with E-state index in [0.29, 0.717) is 22.2 Å². The van der Waals surface area contributed by atoms with E-state index in [0.717, 1.165) is 13.0 Å². The van der Waals surface area contributed by atoms with Crippen molar-refractivity contribution < 1.29 is 4.79 Å². The molecule has 1 aliphatic rings. The number of hydrogen-bond acceptors (Lipinski definition) is 3. The quantitative estimate of drug-likeness (QED) is 0.647. The molecule has 1 aromatic carbocycles. The predicted octanol–water partition coefficient (Wildman–Crippen LogP) is 2.89. The van der Waals surface area contributed by atoms with E-state index in [1.54, 1.807) is 18.2 Å². The molecule has 0 aromatic heterocycles. The van der Waals surface area contributed by atoms with Crippen LogP contribution in [-0.4, -0.2) is 23.4 Å². The van der Waals surface area contributed by atoms with Crippen molar-refractivity contribution in [1.82, 2.24) is 4.90 Å². The van der Waals surface area contributed by atoms with Gasteiger partial charge in [0, 0.05) is 17.6 Å². The maximum atomic E-state index is 12.7.